The van der Waals surface area contributed by atoms with E-state index in [1.807, 2.05) is 36.4 Å². The molecule has 0 aromatic heterocycles. The van der Waals surface area contributed by atoms with Crippen molar-refractivity contribution in [2.75, 3.05) is 0 Å². The Hall–Kier alpha value is -1.84. The van der Waals surface area contributed by atoms with E-state index < -0.39 is 0 Å². The molecule has 1 aromatic rings. The smallest absolute Gasteiger partial charge is 0.223 e. The molecule has 0 unspecified atom stereocenters. The van der Waals surface area contributed by atoms with Crippen molar-refractivity contribution in [3.8, 4) is 0 Å². The molecule has 2 N–H and O–H groups in total. The topological polar surface area (TPSA) is 63.4 Å². The maximum absolute atomic E-state index is 12.8. The highest BCUT2D eigenvalue weighted by molar-refractivity contribution is 5.77. The largest absolute Gasteiger partial charge is 0.370 e. The minimum atomic E-state index is -0.260. The van der Waals surface area contributed by atoms with Crippen LogP contribution in [-0.2, 0) is 9.59 Å². The number of hydrogen-bond acceptors (Lipinski definition) is 2. The van der Waals surface area contributed by atoms with Gasteiger partial charge in [0.05, 0.1) is 0 Å². The van der Waals surface area contributed by atoms with E-state index in [1.54, 1.807) is 0 Å². The van der Waals surface area contributed by atoms with Gasteiger partial charge in [-0.3, -0.25) is 9.59 Å². The lowest BCUT2D eigenvalue weighted by molar-refractivity contribution is -0.138. The van der Waals surface area contributed by atoms with Gasteiger partial charge in [-0.1, -0.05) is 74.9 Å². The minimum Gasteiger partial charge on any atom is -0.370 e. The summed E-state index contributed by atoms with van der Waals surface area (Å²) >= 11 is 0. The van der Waals surface area contributed by atoms with Crippen LogP contribution in [0.4, 0.5) is 0 Å². The number of nitrogens with zero attached hydrogens (tertiary/aromatic N) is 1. The summed E-state index contributed by atoms with van der Waals surface area (Å²) in [6, 6.07) is 12.9. The molecule has 28 heavy (non-hydrogen) atoms. The number of amides is 2. The average Bonchev–Trinajstić information content (AvgIpc) is 2.75. The summed E-state index contributed by atoms with van der Waals surface area (Å²) in [7, 11) is 0. The predicted molar refractivity (Wildman–Crippen MR) is 115 cm³/mol. The number of benzene rings is 1. The molecule has 0 atom stereocenters. The molecule has 4 nitrogen and oxygen atoms in total. The average molecular weight is 387 g/mol. The molecular formula is C24H38N2O2. The van der Waals surface area contributed by atoms with Crippen LogP contribution in [0.3, 0.4) is 0 Å². The quantitative estimate of drug-likeness (QED) is 0.654. The summed E-state index contributed by atoms with van der Waals surface area (Å²) in [5.41, 5.74) is 5.17. The fourth-order valence-electron chi connectivity index (χ4n) is 4.51. The highest BCUT2D eigenvalue weighted by Crippen LogP contribution is 2.31. The minimum absolute atomic E-state index is 0.260. The fraction of sp³-hybridized carbons (Fsp3) is 0.667. The van der Waals surface area contributed by atoms with Gasteiger partial charge >= 0.3 is 0 Å². The fourth-order valence-corrected chi connectivity index (χ4v) is 4.51. The van der Waals surface area contributed by atoms with Crippen molar-refractivity contribution in [2.45, 2.75) is 102 Å². The number of unbranched alkanes of at least 4 members (excludes halogenated alkanes) is 1. The van der Waals surface area contributed by atoms with E-state index in [4.69, 9.17) is 5.73 Å². The molecule has 0 spiro atoms. The highest BCUT2D eigenvalue weighted by Gasteiger charge is 2.31. The number of primary amides is 1. The van der Waals surface area contributed by atoms with Crippen LogP contribution in [-0.4, -0.2) is 28.8 Å². The molecule has 0 bridgehead atoms. The molecule has 2 amide bonds. The lowest BCUT2D eigenvalue weighted by atomic mass is 9.88. The van der Waals surface area contributed by atoms with Crippen LogP contribution in [0, 0.1) is 0 Å². The molecule has 2 fully saturated rings. The van der Waals surface area contributed by atoms with E-state index in [0.717, 1.165) is 12.8 Å². The second-order valence-electron chi connectivity index (χ2n) is 8.21. The van der Waals surface area contributed by atoms with Gasteiger partial charge in [0, 0.05) is 24.9 Å². The third-order valence-corrected chi connectivity index (χ3v) is 5.95. The van der Waals surface area contributed by atoms with Crippen LogP contribution in [0.15, 0.2) is 36.4 Å². The number of carbonyl (C=O) groups is 2. The van der Waals surface area contributed by atoms with Crippen molar-refractivity contribution < 1.29 is 9.59 Å². The first-order chi connectivity index (χ1) is 13.7. The lowest BCUT2D eigenvalue weighted by Gasteiger charge is -2.42. The van der Waals surface area contributed by atoms with Crippen molar-refractivity contribution >= 4 is 11.8 Å². The summed E-state index contributed by atoms with van der Waals surface area (Å²) in [5, 5.41) is 0. The van der Waals surface area contributed by atoms with E-state index in [9.17, 15) is 9.59 Å². The summed E-state index contributed by atoms with van der Waals surface area (Å²) in [4.78, 5) is 25.9. The molecule has 2 aliphatic carbocycles. The molecule has 3 rings (SSSR count). The Kier molecular flexibility index (Phi) is 10.7. The standard InChI is InChI=1S/C18H32N2O2.C6H6/c19-17(21)13-7-8-14-18(22)20(15-9-3-1-4-10-15)16-11-5-2-6-12-16;1-2-4-6-5-3-1/h15-16H,1-14H2,(H2,19,21);1-6H. The lowest BCUT2D eigenvalue weighted by Crippen LogP contribution is -2.48. The van der Waals surface area contributed by atoms with Crippen molar-refractivity contribution in [3.63, 3.8) is 0 Å². The first-order valence-electron chi connectivity index (χ1n) is 11.3. The van der Waals surface area contributed by atoms with E-state index in [0.29, 0.717) is 30.8 Å². The second kappa shape index (κ2) is 13.4. The molecule has 0 saturated heterocycles. The number of carbonyl (C=O) groups excluding carboxylic acids is 2. The van der Waals surface area contributed by atoms with Crippen molar-refractivity contribution in [3.05, 3.63) is 36.4 Å². The molecule has 0 radical (unpaired) electrons. The number of hydrogen-bond donors (Lipinski definition) is 1. The monoisotopic (exact) mass is 386 g/mol. The molecular weight excluding hydrogens is 348 g/mol. The predicted octanol–water partition coefficient (Wildman–Crippen LogP) is 5.21. The van der Waals surface area contributed by atoms with Gasteiger partial charge in [-0.25, -0.2) is 0 Å². The molecule has 156 valence electrons. The summed E-state index contributed by atoms with van der Waals surface area (Å²) in [6.07, 6.45) is 15.0. The van der Waals surface area contributed by atoms with Gasteiger partial charge in [-0.15, -0.1) is 0 Å². The Bertz CT molecular complexity index is 504. The van der Waals surface area contributed by atoms with Gasteiger partial charge in [-0.05, 0) is 38.5 Å². The normalized spacial score (nSPS) is 18.0. The van der Waals surface area contributed by atoms with Crippen molar-refractivity contribution in [1.29, 1.82) is 0 Å². The third-order valence-electron chi connectivity index (χ3n) is 5.95. The third kappa shape index (κ3) is 8.45. The molecule has 2 saturated carbocycles. The van der Waals surface area contributed by atoms with Crippen molar-refractivity contribution in [2.24, 2.45) is 5.73 Å². The maximum atomic E-state index is 12.8. The Morgan fingerprint density at radius 2 is 1.07 bits per heavy atom. The molecule has 0 heterocycles. The summed E-state index contributed by atoms with van der Waals surface area (Å²) in [6.45, 7) is 0. The maximum Gasteiger partial charge on any atom is 0.223 e. The first-order valence-corrected chi connectivity index (χ1v) is 11.3. The second-order valence-corrected chi connectivity index (χ2v) is 8.21. The molecule has 2 aliphatic rings. The highest BCUT2D eigenvalue weighted by atomic mass is 16.2. The van der Waals surface area contributed by atoms with E-state index in [1.165, 1.54) is 64.2 Å². The Balaban J connectivity index is 0.000000397. The van der Waals surface area contributed by atoms with E-state index in [2.05, 4.69) is 4.90 Å². The van der Waals surface area contributed by atoms with Crippen molar-refractivity contribution in [1.82, 2.24) is 4.90 Å². The van der Waals surface area contributed by atoms with Crippen LogP contribution in [0.2, 0.25) is 0 Å². The zero-order valence-corrected chi connectivity index (χ0v) is 17.4. The Morgan fingerprint density at radius 3 is 1.46 bits per heavy atom. The van der Waals surface area contributed by atoms with Crippen LogP contribution >= 0.6 is 0 Å². The number of rotatable bonds is 7. The van der Waals surface area contributed by atoms with Crippen LogP contribution < -0.4 is 5.73 Å². The SMILES string of the molecule is NC(=O)CCCCC(=O)N(C1CCCCC1)C1CCCCC1.c1ccccc1. The zero-order valence-electron chi connectivity index (χ0n) is 17.4. The summed E-state index contributed by atoms with van der Waals surface area (Å²) in [5.74, 6) is 0.0622. The van der Waals surface area contributed by atoms with E-state index in [-0.39, 0.29) is 5.91 Å². The van der Waals surface area contributed by atoms with Crippen LogP contribution in [0.1, 0.15) is 89.9 Å². The summed E-state index contributed by atoms with van der Waals surface area (Å²) < 4.78 is 0. The van der Waals surface area contributed by atoms with Gasteiger partial charge in [0.1, 0.15) is 0 Å². The Morgan fingerprint density at radius 1 is 0.679 bits per heavy atom. The van der Waals surface area contributed by atoms with Crippen LogP contribution in [0.5, 0.6) is 0 Å². The van der Waals surface area contributed by atoms with Crippen LogP contribution in [0.25, 0.3) is 0 Å². The van der Waals surface area contributed by atoms with Gasteiger partial charge in [0.15, 0.2) is 0 Å². The first kappa shape index (κ1) is 22.4. The van der Waals surface area contributed by atoms with Gasteiger partial charge in [-0.2, -0.15) is 0 Å². The number of nitrogens with two attached hydrogens (primary N) is 1. The van der Waals surface area contributed by atoms with Gasteiger partial charge in [0.2, 0.25) is 11.8 Å². The van der Waals surface area contributed by atoms with E-state index >= 15 is 0 Å². The van der Waals surface area contributed by atoms with Gasteiger partial charge in [0.25, 0.3) is 0 Å². The molecule has 4 heteroatoms. The zero-order chi connectivity index (χ0) is 20.0. The molecule has 1 aromatic carbocycles. The molecule has 0 aliphatic heterocycles. The van der Waals surface area contributed by atoms with Gasteiger partial charge < -0.3 is 10.6 Å². The Labute approximate surface area is 170 Å².